The van der Waals surface area contributed by atoms with Gasteiger partial charge in [0.2, 0.25) is 0 Å². The van der Waals surface area contributed by atoms with Crippen LogP contribution in [0.3, 0.4) is 0 Å². The van der Waals surface area contributed by atoms with Crippen LogP contribution < -0.4 is 0 Å². The molecule has 1 fully saturated rings. The van der Waals surface area contributed by atoms with Crippen molar-refractivity contribution in [1.82, 2.24) is 0 Å². The molecule has 2 rings (SSSR count). The summed E-state index contributed by atoms with van der Waals surface area (Å²) in [6.45, 7) is 0. The second-order valence-electron chi connectivity index (χ2n) is 3.22. The van der Waals surface area contributed by atoms with Crippen LogP contribution in [0.15, 0.2) is 22.8 Å². The average Bonchev–Trinajstić information content (AvgIpc) is 2.55. The van der Waals surface area contributed by atoms with Gasteiger partial charge in [0.1, 0.15) is 0 Å². The molecule has 0 radical (unpaired) electrons. The minimum atomic E-state index is 0.317. The summed E-state index contributed by atoms with van der Waals surface area (Å²) in [7, 11) is 0. The van der Waals surface area contributed by atoms with Crippen LogP contribution in [0.2, 0.25) is 17.9 Å². The first-order chi connectivity index (χ1) is 6.47. The van der Waals surface area contributed by atoms with E-state index in [1.807, 2.05) is 12.3 Å². The van der Waals surface area contributed by atoms with Crippen LogP contribution in [0.5, 0.6) is 0 Å². The summed E-state index contributed by atoms with van der Waals surface area (Å²) in [5.41, 5.74) is 0. The Morgan fingerprint density at radius 2 is 2.00 bits per heavy atom. The number of rotatable bonds is 1. The number of furan rings is 1. The van der Waals surface area contributed by atoms with Crippen LogP contribution in [0.25, 0.3) is 0 Å². The summed E-state index contributed by atoms with van der Waals surface area (Å²) in [6.07, 6.45) is 3.38. The molecule has 1 nitrogen and oxygen atoms in total. The molecule has 0 aromatic carbocycles. The van der Waals surface area contributed by atoms with Crippen molar-refractivity contribution in [2.75, 3.05) is 0 Å². The Morgan fingerprint density at radius 1 is 1.23 bits per heavy atom. The molecule has 0 amide bonds. The normalized spacial score (nSPS) is 20.9. The van der Waals surface area contributed by atoms with E-state index in [-0.39, 0.29) is 0 Å². The quantitative estimate of drug-likeness (QED) is 0.655. The van der Waals surface area contributed by atoms with Crippen LogP contribution in [0.1, 0.15) is 18.1 Å². The maximum absolute atomic E-state index is 5.51. The Kier molecular flexibility index (Phi) is 4.53. The van der Waals surface area contributed by atoms with Crippen molar-refractivity contribution in [1.29, 1.82) is 0 Å². The van der Waals surface area contributed by atoms with E-state index in [0.717, 1.165) is 5.92 Å². The van der Waals surface area contributed by atoms with Gasteiger partial charge in [0.25, 0.3) is 0 Å². The van der Waals surface area contributed by atoms with E-state index < -0.39 is 0 Å². The Bertz CT molecular complexity index is 225. The summed E-state index contributed by atoms with van der Waals surface area (Å²) >= 11 is 0.634. The minimum absolute atomic E-state index is 0.317. The van der Waals surface area contributed by atoms with Gasteiger partial charge in [0, 0.05) is 0 Å². The molecule has 0 unspecified atom stereocenters. The van der Waals surface area contributed by atoms with Gasteiger partial charge in [-0.2, -0.15) is 0 Å². The van der Waals surface area contributed by atoms with Gasteiger partial charge in [0.15, 0.2) is 0 Å². The van der Waals surface area contributed by atoms with Crippen LogP contribution in [-0.4, -0.2) is 41.8 Å². The zero-order chi connectivity index (χ0) is 8.93. The molecule has 0 aliphatic carbocycles. The predicted octanol–water partition coefficient (Wildman–Crippen LogP) is 2.85. The van der Waals surface area contributed by atoms with Crippen LogP contribution in [0.4, 0.5) is 0 Å². The summed E-state index contributed by atoms with van der Waals surface area (Å²) in [5, 5.41) is 0. The SMILES string of the molecule is c1coc(C2C[Te]CCC[Te]C2)c1. The molecule has 1 aromatic heterocycles. The molecular weight excluding hydrogens is 391 g/mol. The summed E-state index contributed by atoms with van der Waals surface area (Å²) in [4.78, 5) is 0. The molecular formula is C10H14OTe2. The van der Waals surface area contributed by atoms with Gasteiger partial charge in [0.05, 0.1) is 0 Å². The first-order valence-corrected chi connectivity index (χ1v) is 11.2. The molecule has 1 aliphatic rings. The third-order valence-corrected chi connectivity index (χ3v) is 9.10. The van der Waals surface area contributed by atoms with Gasteiger partial charge in [-0.05, 0) is 0 Å². The van der Waals surface area contributed by atoms with Gasteiger partial charge in [-0.3, -0.25) is 0 Å². The van der Waals surface area contributed by atoms with Crippen molar-refractivity contribution >= 4 is 41.8 Å². The van der Waals surface area contributed by atoms with Gasteiger partial charge < -0.3 is 0 Å². The van der Waals surface area contributed by atoms with E-state index in [1.165, 1.54) is 14.7 Å². The van der Waals surface area contributed by atoms with Crippen molar-refractivity contribution < 1.29 is 4.42 Å². The van der Waals surface area contributed by atoms with Gasteiger partial charge in [-0.15, -0.1) is 0 Å². The topological polar surface area (TPSA) is 13.1 Å². The molecule has 2 heterocycles. The summed E-state index contributed by atoms with van der Waals surface area (Å²) in [6, 6.07) is 4.21. The van der Waals surface area contributed by atoms with E-state index in [1.54, 1.807) is 15.4 Å². The van der Waals surface area contributed by atoms with Crippen molar-refractivity contribution in [2.45, 2.75) is 30.2 Å². The molecule has 72 valence electrons. The first kappa shape index (κ1) is 10.4. The Hall–Kier alpha value is 0.859. The fraction of sp³-hybridized carbons (Fsp3) is 0.600. The summed E-state index contributed by atoms with van der Waals surface area (Å²) < 4.78 is 11.6. The van der Waals surface area contributed by atoms with Crippen molar-refractivity contribution in [3.05, 3.63) is 24.2 Å². The van der Waals surface area contributed by atoms with Crippen LogP contribution in [0, 0.1) is 0 Å². The predicted molar refractivity (Wildman–Crippen MR) is 56.8 cm³/mol. The molecule has 0 N–H and O–H groups in total. The Morgan fingerprint density at radius 3 is 2.62 bits per heavy atom. The van der Waals surface area contributed by atoms with E-state index in [4.69, 9.17) is 4.42 Å². The van der Waals surface area contributed by atoms with E-state index in [2.05, 4.69) is 6.07 Å². The second-order valence-corrected chi connectivity index (χ2v) is 9.78. The Labute approximate surface area is 99.8 Å². The third-order valence-electron chi connectivity index (χ3n) is 2.16. The summed E-state index contributed by atoms with van der Waals surface area (Å²) in [5.74, 6) is 2.09. The molecule has 0 atom stereocenters. The zero-order valence-corrected chi connectivity index (χ0v) is 12.2. The van der Waals surface area contributed by atoms with Gasteiger partial charge >= 0.3 is 101 Å². The van der Waals surface area contributed by atoms with Gasteiger partial charge in [-0.1, -0.05) is 0 Å². The zero-order valence-electron chi connectivity index (χ0n) is 7.57. The molecule has 1 saturated heterocycles. The van der Waals surface area contributed by atoms with Crippen LogP contribution >= 0.6 is 0 Å². The molecule has 1 aliphatic heterocycles. The third kappa shape index (κ3) is 3.17. The molecule has 0 bridgehead atoms. The second kappa shape index (κ2) is 5.67. The van der Waals surface area contributed by atoms with Gasteiger partial charge in [-0.25, -0.2) is 0 Å². The van der Waals surface area contributed by atoms with Crippen LogP contribution in [-0.2, 0) is 0 Å². The Balaban J connectivity index is 1.96. The molecule has 0 saturated carbocycles. The van der Waals surface area contributed by atoms with Crippen molar-refractivity contribution in [3.8, 4) is 0 Å². The van der Waals surface area contributed by atoms with Crippen molar-refractivity contribution in [3.63, 3.8) is 0 Å². The average molecular weight is 405 g/mol. The first-order valence-electron chi connectivity index (χ1n) is 4.66. The van der Waals surface area contributed by atoms with E-state index in [0.29, 0.717) is 41.8 Å². The molecule has 3 heteroatoms. The number of hydrogen-bond acceptors (Lipinski definition) is 1. The fourth-order valence-corrected chi connectivity index (χ4v) is 10.8. The molecule has 13 heavy (non-hydrogen) atoms. The standard InChI is InChI=1S/C10H14OTe2/c1-3-10(11-4-1)9-7-12-5-2-6-13-8-9/h1,3-4,9H,2,5-8H2. The van der Waals surface area contributed by atoms with E-state index in [9.17, 15) is 0 Å². The fourth-order valence-electron chi connectivity index (χ4n) is 1.45. The molecule has 1 aromatic rings. The van der Waals surface area contributed by atoms with E-state index >= 15 is 0 Å². The maximum atomic E-state index is 5.51. The monoisotopic (exact) mass is 410 g/mol. The van der Waals surface area contributed by atoms with Crippen molar-refractivity contribution in [2.24, 2.45) is 0 Å². The number of hydrogen-bond donors (Lipinski definition) is 0. The molecule has 0 spiro atoms.